The number of hydrogen-bond donors (Lipinski definition) is 1. The maximum atomic E-state index is 13.5. The summed E-state index contributed by atoms with van der Waals surface area (Å²) in [7, 11) is 0. The highest BCUT2D eigenvalue weighted by molar-refractivity contribution is 9.10. The molecule has 3 aromatic carbocycles. The van der Waals surface area contributed by atoms with Gasteiger partial charge in [0, 0.05) is 29.2 Å². The fourth-order valence-corrected chi connectivity index (χ4v) is 5.59. The molecule has 5 rings (SSSR count). The third-order valence-electron chi connectivity index (χ3n) is 5.82. The topological polar surface area (TPSA) is 96.2 Å². The van der Waals surface area contributed by atoms with Crippen LogP contribution in [0.4, 0.5) is 5.69 Å². The SMILES string of the molecule is CC(=O)Oc1ccc(Br)c([C@@H]2N(C(C)=O)c3ccccc3-c3c(=O)[nH]c(SCc4ccccc4)n[n+]32)c1. The van der Waals surface area contributed by atoms with E-state index < -0.39 is 12.1 Å². The average Bonchev–Trinajstić information content (AvgIpc) is 2.88. The maximum absolute atomic E-state index is 13.5. The Kier molecular flexibility index (Phi) is 6.94. The quantitative estimate of drug-likeness (QED) is 0.161. The molecule has 4 aromatic rings. The summed E-state index contributed by atoms with van der Waals surface area (Å²) >= 11 is 4.98. The lowest BCUT2D eigenvalue weighted by Gasteiger charge is -2.31. The number of benzene rings is 3. The highest BCUT2D eigenvalue weighted by Gasteiger charge is 2.45. The number of carbonyl (C=O) groups excluding carboxylic acids is 2. The molecule has 10 heteroatoms. The Hall–Kier alpha value is -3.76. The number of esters is 1. The van der Waals surface area contributed by atoms with Gasteiger partial charge >= 0.3 is 17.2 Å². The number of fused-ring (bicyclic) bond motifs is 3. The Balaban J connectivity index is 1.71. The average molecular weight is 578 g/mol. The number of anilines is 1. The molecule has 0 unspecified atom stereocenters. The van der Waals surface area contributed by atoms with Crippen LogP contribution in [0.1, 0.15) is 31.1 Å². The van der Waals surface area contributed by atoms with E-state index in [2.05, 4.69) is 20.9 Å². The largest absolute Gasteiger partial charge is 0.427 e. The molecule has 0 saturated heterocycles. The van der Waals surface area contributed by atoms with Crippen molar-refractivity contribution in [1.82, 2.24) is 10.1 Å². The van der Waals surface area contributed by atoms with Crippen LogP contribution in [0.3, 0.4) is 0 Å². The van der Waals surface area contributed by atoms with E-state index in [1.165, 1.54) is 25.6 Å². The first kappa shape index (κ1) is 24.9. The van der Waals surface area contributed by atoms with Gasteiger partial charge in [0.1, 0.15) is 5.75 Å². The summed E-state index contributed by atoms with van der Waals surface area (Å²) in [5.41, 5.74) is 2.87. The lowest BCUT2D eigenvalue weighted by molar-refractivity contribution is -0.763. The zero-order chi connectivity index (χ0) is 26.1. The zero-order valence-electron chi connectivity index (χ0n) is 20.0. The van der Waals surface area contributed by atoms with Gasteiger partial charge in [0.2, 0.25) is 11.1 Å². The number of rotatable bonds is 5. The van der Waals surface area contributed by atoms with Gasteiger partial charge in [-0.05, 0) is 40.6 Å². The number of para-hydroxylation sites is 1. The fourth-order valence-electron chi connectivity index (χ4n) is 4.33. The number of nitrogens with one attached hydrogen (secondary N) is 1. The van der Waals surface area contributed by atoms with E-state index in [0.717, 1.165) is 5.56 Å². The number of thioether (sulfide) groups is 1. The second-order valence-electron chi connectivity index (χ2n) is 8.38. The van der Waals surface area contributed by atoms with Gasteiger partial charge in [-0.1, -0.05) is 70.2 Å². The van der Waals surface area contributed by atoms with Crippen molar-refractivity contribution in [3.63, 3.8) is 0 Å². The first-order valence-electron chi connectivity index (χ1n) is 11.4. The molecule has 8 nitrogen and oxygen atoms in total. The fraction of sp³-hybridized carbons (Fsp3) is 0.148. The Morgan fingerprint density at radius 3 is 2.54 bits per heavy atom. The lowest BCUT2D eigenvalue weighted by atomic mass is 10.0. The maximum Gasteiger partial charge on any atom is 0.325 e. The van der Waals surface area contributed by atoms with E-state index in [-0.39, 0.29) is 11.5 Å². The molecule has 0 bridgehead atoms. The van der Waals surface area contributed by atoms with Crippen molar-refractivity contribution in [3.8, 4) is 17.0 Å². The van der Waals surface area contributed by atoms with Crippen molar-refractivity contribution in [2.75, 3.05) is 4.90 Å². The Morgan fingerprint density at radius 2 is 1.81 bits per heavy atom. The van der Waals surface area contributed by atoms with Crippen molar-refractivity contribution >= 4 is 45.3 Å². The molecule has 1 N–H and O–H groups in total. The number of halogens is 1. The Bertz CT molecular complexity index is 1570. The molecule has 2 heterocycles. The number of aromatic amines is 1. The summed E-state index contributed by atoms with van der Waals surface area (Å²) < 4.78 is 7.57. The number of ether oxygens (including phenoxy) is 1. The van der Waals surface area contributed by atoms with E-state index >= 15 is 0 Å². The van der Waals surface area contributed by atoms with Gasteiger partial charge in [0.05, 0.1) is 16.8 Å². The summed E-state index contributed by atoms with van der Waals surface area (Å²) in [4.78, 5) is 42.7. The van der Waals surface area contributed by atoms with Gasteiger partial charge in [-0.15, -0.1) is 0 Å². The number of amides is 1. The van der Waals surface area contributed by atoms with Gasteiger partial charge < -0.3 is 4.74 Å². The first-order chi connectivity index (χ1) is 17.8. The monoisotopic (exact) mass is 577 g/mol. The van der Waals surface area contributed by atoms with E-state index in [1.54, 1.807) is 39.9 Å². The number of nitrogens with zero attached hydrogens (tertiary/aromatic N) is 3. The van der Waals surface area contributed by atoms with Crippen LogP contribution >= 0.6 is 27.7 Å². The molecule has 0 spiro atoms. The Labute approximate surface area is 225 Å². The van der Waals surface area contributed by atoms with Crippen LogP contribution < -0.4 is 19.9 Å². The molecular weight excluding hydrogens is 556 g/mol. The molecule has 1 aliphatic rings. The second kappa shape index (κ2) is 10.3. The zero-order valence-corrected chi connectivity index (χ0v) is 22.4. The van der Waals surface area contributed by atoms with Gasteiger partial charge in [-0.2, -0.15) is 0 Å². The summed E-state index contributed by atoms with van der Waals surface area (Å²) in [6, 6.07) is 22.2. The van der Waals surface area contributed by atoms with Crippen LogP contribution in [-0.4, -0.2) is 22.0 Å². The summed E-state index contributed by atoms with van der Waals surface area (Å²) in [5.74, 6) is 0.222. The summed E-state index contributed by atoms with van der Waals surface area (Å²) in [6.45, 7) is 2.79. The molecule has 1 aliphatic heterocycles. The molecule has 0 fully saturated rings. The van der Waals surface area contributed by atoms with Crippen molar-refractivity contribution in [2.45, 2.75) is 30.9 Å². The van der Waals surface area contributed by atoms with Crippen LogP contribution in [-0.2, 0) is 15.3 Å². The molecule has 0 radical (unpaired) electrons. The molecule has 0 saturated carbocycles. The van der Waals surface area contributed by atoms with Crippen molar-refractivity contribution in [2.24, 2.45) is 0 Å². The van der Waals surface area contributed by atoms with Crippen LogP contribution in [0.25, 0.3) is 11.3 Å². The van der Waals surface area contributed by atoms with Crippen molar-refractivity contribution < 1.29 is 19.0 Å². The normalized spacial score (nSPS) is 14.0. The molecule has 0 aliphatic carbocycles. The first-order valence-corrected chi connectivity index (χ1v) is 13.2. The molecule has 1 amide bonds. The number of hydrogen-bond acceptors (Lipinski definition) is 6. The smallest absolute Gasteiger partial charge is 0.325 e. The van der Waals surface area contributed by atoms with Crippen LogP contribution in [0.15, 0.2) is 87.2 Å². The predicted molar refractivity (Wildman–Crippen MR) is 143 cm³/mol. The summed E-state index contributed by atoms with van der Waals surface area (Å²) in [6.07, 6.45) is -0.814. The minimum atomic E-state index is -0.814. The third kappa shape index (κ3) is 4.94. The third-order valence-corrected chi connectivity index (χ3v) is 7.48. The highest BCUT2D eigenvalue weighted by atomic mass is 79.9. The molecule has 1 aromatic heterocycles. The van der Waals surface area contributed by atoms with Crippen molar-refractivity contribution in [3.05, 3.63) is 98.7 Å². The van der Waals surface area contributed by atoms with Crippen LogP contribution in [0.5, 0.6) is 5.75 Å². The van der Waals surface area contributed by atoms with E-state index in [9.17, 15) is 14.4 Å². The Morgan fingerprint density at radius 1 is 1.08 bits per heavy atom. The van der Waals surface area contributed by atoms with Gasteiger partial charge in [0.15, 0.2) is 0 Å². The van der Waals surface area contributed by atoms with Gasteiger partial charge in [-0.25, -0.2) is 4.90 Å². The molecule has 186 valence electrons. The minimum absolute atomic E-state index is 0.235. The number of H-pyrrole nitrogens is 1. The van der Waals surface area contributed by atoms with Gasteiger partial charge in [-0.3, -0.25) is 19.4 Å². The number of carbonyl (C=O) groups is 2. The van der Waals surface area contributed by atoms with E-state index in [1.807, 2.05) is 42.5 Å². The summed E-state index contributed by atoms with van der Waals surface area (Å²) in [5, 5.41) is 5.23. The lowest BCUT2D eigenvalue weighted by Crippen LogP contribution is -2.60. The molecule has 37 heavy (non-hydrogen) atoms. The minimum Gasteiger partial charge on any atom is -0.427 e. The molecular formula is C27H22BrN4O4S+. The van der Waals surface area contributed by atoms with E-state index in [4.69, 9.17) is 9.84 Å². The second-order valence-corrected chi connectivity index (χ2v) is 10.2. The number of aromatic nitrogens is 3. The van der Waals surface area contributed by atoms with Crippen LogP contribution in [0.2, 0.25) is 0 Å². The highest BCUT2D eigenvalue weighted by Crippen LogP contribution is 2.40. The molecule has 1 atom stereocenters. The standard InChI is InChI=1S/C27H21BrN4O4S/c1-16(33)31-23-11-7-6-10-20(23)24-25(35)29-27(37-15-18-8-4-3-5-9-18)30-32(24)26(31)21-14-19(36-17(2)34)12-13-22(21)28/h3-14,26H,15H2,1-2H3/p+1/t26-/m1/s1. The van der Waals surface area contributed by atoms with E-state index in [0.29, 0.717) is 43.6 Å². The van der Waals surface area contributed by atoms with Crippen molar-refractivity contribution in [1.29, 1.82) is 0 Å². The van der Waals surface area contributed by atoms with Crippen LogP contribution in [0, 0.1) is 0 Å². The predicted octanol–water partition coefficient (Wildman–Crippen LogP) is 4.62. The van der Waals surface area contributed by atoms with Gasteiger partial charge in [0.25, 0.3) is 6.17 Å².